The molecule has 1 saturated heterocycles. The van der Waals surface area contributed by atoms with Gasteiger partial charge in [-0.25, -0.2) is 4.79 Å². The number of carbonyl (C=O) groups excluding carboxylic acids is 1. The van der Waals surface area contributed by atoms with Crippen molar-refractivity contribution in [3.8, 4) is 0 Å². The van der Waals surface area contributed by atoms with Gasteiger partial charge in [0.05, 0.1) is 7.11 Å². The van der Waals surface area contributed by atoms with Crippen molar-refractivity contribution < 1.29 is 34.3 Å². The molecule has 0 unspecified atom stereocenters. The largest absolute Gasteiger partial charge is 0.467 e. The minimum Gasteiger partial charge on any atom is -0.467 e. The number of aliphatic hydroxyl groups is 3. The van der Waals surface area contributed by atoms with Crippen LogP contribution in [0.3, 0.4) is 0 Å². The summed E-state index contributed by atoms with van der Waals surface area (Å²) in [4.78, 5) is 11.5. The van der Waals surface area contributed by atoms with Crippen LogP contribution in [0.15, 0.2) is 0 Å². The Morgan fingerprint density at radius 2 is 1.64 bits per heavy atom. The Bertz CT molecular complexity index is 323. The van der Waals surface area contributed by atoms with Gasteiger partial charge < -0.3 is 29.5 Å². The van der Waals surface area contributed by atoms with Gasteiger partial charge in [-0.3, -0.25) is 0 Å². The number of rotatable bonds is 9. The number of hydrogen-bond acceptors (Lipinski definition) is 7. The molecule has 0 bridgehead atoms. The number of hydrogen-bond donors (Lipinski definition) is 3. The van der Waals surface area contributed by atoms with Crippen LogP contribution in [-0.4, -0.2) is 65.7 Å². The lowest BCUT2D eigenvalue weighted by atomic mass is 9.99. The zero-order valence-electron chi connectivity index (χ0n) is 13.3. The fraction of sp³-hybridized carbons (Fsp3) is 0.933. The summed E-state index contributed by atoms with van der Waals surface area (Å²) < 4.78 is 15.1. The summed E-state index contributed by atoms with van der Waals surface area (Å²) >= 11 is 0. The topological polar surface area (TPSA) is 105 Å². The van der Waals surface area contributed by atoms with E-state index in [1.807, 2.05) is 0 Å². The van der Waals surface area contributed by atoms with E-state index in [1.54, 1.807) is 0 Å². The summed E-state index contributed by atoms with van der Waals surface area (Å²) in [5.74, 6) is -0.813. The monoisotopic (exact) mass is 320 g/mol. The third-order valence-corrected chi connectivity index (χ3v) is 3.78. The van der Waals surface area contributed by atoms with Gasteiger partial charge in [0.15, 0.2) is 12.4 Å². The molecule has 0 amide bonds. The number of esters is 1. The molecule has 7 nitrogen and oxygen atoms in total. The Balaban J connectivity index is 2.36. The minimum absolute atomic E-state index is 0.352. The zero-order chi connectivity index (χ0) is 16.5. The van der Waals surface area contributed by atoms with Crippen LogP contribution in [0, 0.1) is 0 Å². The molecule has 1 heterocycles. The van der Waals surface area contributed by atoms with Gasteiger partial charge in [0.1, 0.15) is 18.3 Å². The van der Waals surface area contributed by atoms with Crippen molar-refractivity contribution in [3.63, 3.8) is 0 Å². The molecule has 0 saturated carbocycles. The molecule has 22 heavy (non-hydrogen) atoms. The molecule has 5 atom stereocenters. The third-order valence-electron chi connectivity index (χ3n) is 3.78. The third kappa shape index (κ3) is 5.48. The molecule has 0 aromatic rings. The highest BCUT2D eigenvalue weighted by atomic mass is 16.7. The second-order valence-electron chi connectivity index (χ2n) is 5.56. The molecule has 1 fully saturated rings. The summed E-state index contributed by atoms with van der Waals surface area (Å²) in [6.45, 7) is 2.51. The minimum atomic E-state index is -1.55. The van der Waals surface area contributed by atoms with Gasteiger partial charge in [-0.2, -0.15) is 0 Å². The molecular formula is C15H28O7. The quantitative estimate of drug-likeness (QED) is 0.415. The van der Waals surface area contributed by atoms with E-state index in [0.717, 1.165) is 26.4 Å². The predicted octanol–water partition coefficient (Wildman–Crippen LogP) is 0.344. The predicted molar refractivity (Wildman–Crippen MR) is 78.0 cm³/mol. The van der Waals surface area contributed by atoms with Gasteiger partial charge in [-0.15, -0.1) is 0 Å². The van der Waals surface area contributed by atoms with Crippen molar-refractivity contribution in [1.82, 2.24) is 0 Å². The van der Waals surface area contributed by atoms with Gasteiger partial charge in [0.25, 0.3) is 0 Å². The van der Waals surface area contributed by atoms with Crippen LogP contribution < -0.4 is 0 Å². The highest BCUT2D eigenvalue weighted by molar-refractivity contribution is 5.75. The van der Waals surface area contributed by atoms with Gasteiger partial charge in [0.2, 0.25) is 0 Å². The maximum atomic E-state index is 11.5. The maximum absolute atomic E-state index is 11.5. The molecular weight excluding hydrogens is 292 g/mol. The van der Waals surface area contributed by atoms with E-state index < -0.39 is 36.7 Å². The summed E-state index contributed by atoms with van der Waals surface area (Å²) in [5.41, 5.74) is 0. The summed E-state index contributed by atoms with van der Waals surface area (Å²) in [6.07, 6.45) is -0.460. The SMILES string of the molecule is CCCCCCCCO[C@H]1O[C@H](C(=O)OC)[C@@H](O)[C@H](O)[C@H]1O. The molecule has 0 spiro atoms. The van der Waals surface area contributed by atoms with E-state index in [0.29, 0.717) is 6.61 Å². The van der Waals surface area contributed by atoms with Crippen LogP contribution in [0.25, 0.3) is 0 Å². The van der Waals surface area contributed by atoms with Crippen LogP contribution in [0.2, 0.25) is 0 Å². The molecule has 1 aliphatic rings. The van der Waals surface area contributed by atoms with E-state index in [9.17, 15) is 20.1 Å². The number of carbonyl (C=O) groups is 1. The van der Waals surface area contributed by atoms with Gasteiger partial charge >= 0.3 is 5.97 Å². The first kappa shape index (κ1) is 19.3. The van der Waals surface area contributed by atoms with Crippen LogP contribution in [0.4, 0.5) is 0 Å². The van der Waals surface area contributed by atoms with E-state index >= 15 is 0 Å². The lowest BCUT2D eigenvalue weighted by Gasteiger charge is -2.38. The number of unbranched alkanes of at least 4 members (excludes halogenated alkanes) is 5. The van der Waals surface area contributed by atoms with E-state index in [-0.39, 0.29) is 0 Å². The summed E-state index contributed by atoms with van der Waals surface area (Å²) in [7, 11) is 1.15. The van der Waals surface area contributed by atoms with Gasteiger partial charge in [0, 0.05) is 6.61 Å². The molecule has 1 rings (SSSR count). The first-order chi connectivity index (χ1) is 10.5. The van der Waals surface area contributed by atoms with Gasteiger partial charge in [-0.05, 0) is 6.42 Å². The molecule has 0 aliphatic carbocycles. The van der Waals surface area contributed by atoms with Crippen LogP contribution >= 0.6 is 0 Å². The second-order valence-corrected chi connectivity index (χ2v) is 5.56. The average Bonchev–Trinajstić information content (AvgIpc) is 2.53. The first-order valence-corrected chi connectivity index (χ1v) is 7.92. The Kier molecular flexibility index (Phi) is 8.89. The zero-order valence-corrected chi connectivity index (χ0v) is 13.3. The maximum Gasteiger partial charge on any atom is 0.337 e. The number of aliphatic hydroxyl groups excluding tert-OH is 3. The molecule has 1 aliphatic heterocycles. The number of methoxy groups -OCH3 is 1. The fourth-order valence-electron chi connectivity index (χ4n) is 2.38. The van der Waals surface area contributed by atoms with Crippen molar-refractivity contribution in [2.45, 2.75) is 76.2 Å². The molecule has 0 aromatic heterocycles. The standard InChI is InChI=1S/C15H28O7/c1-3-4-5-6-7-8-9-21-15-12(18)10(16)11(17)13(22-15)14(19)20-2/h10-13,15-18H,3-9H2,1-2H3/t10-,11-,12+,13-,15-/m0/s1. The van der Waals surface area contributed by atoms with Crippen molar-refractivity contribution in [2.75, 3.05) is 13.7 Å². The van der Waals surface area contributed by atoms with E-state index in [1.165, 1.54) is 19.3 Å². The smallest absolute Gasteiger partial charge is 0.337 e. The summed E-state index contributed by atoms with van der Waals surface area (Å²) in [5, 5.41) is 29.3. The molecule has 0 radical (unpaired) electrons. The molecule has 130 valence electrons. The normalized spacial score (nSPS) is 32.0. The molecule has 7 heteroatoms. The van der Waals surface area contributed by atoms with Crippen LogP contribution in [0.1, 0.15) is 45.4 Å². The summed E-state index contributed by atoms with van der Waals surface area (Å²) in [6, 6.07) is 0. The Morgan fingerprint density at radius 1 is 1.00 bits per heavy atom. The first-order valence-electron chi connectivity index (χ1n) is 7.92. The highest BCUT2D eigenvalue weighted by Crippen LogP contribution is 2.23. The van der Waals surface area contributed by atoms with Crippen molar-refractivity contribution in [1.29, 1.82) is 0 Å². The second kappa shape index (κ2) is 10.1. The van der Waals surface area contributed by atoms with E-state index in [2.05, 4.69) is 11.7 Å². The van der Waals surface area contributed by atoms with Crippen molar-refractivity contribution in [3.05, 3.63) is 0 Å². The Morgan fingerprint density at radius 3 is 2.27 bits per heavy atom. The highest BCUT2D eigenvalue weighted by Gasteiger charge is 2.47. The van der Waals surface area contributed by atoms with Gasteiger partial charge in [-0.1, -0.05) is 39.0 Å². The lowest BCUT2D eigenvalue weighted by molar-refractivity contribution is -0.294. The van der Waals surface area contributed by atoms with Crippen LogP contribution in [-0.2, 0) is 19.0 Å². The van der Waals surface area contributed by atoms with Crippen LogP contribution in [0.5, 0.6) is 0 Å². The molecule has 3 N–H and O–H groups in total. The van der Waals surface area contributed by atoms with Crippen molar-refractivity contribution in [2.24, 2.45) is 0 Å². The fourth-order valence-corrected chi connectivity index (χ4v) is 2.38. The number of ether oxygens (including phenoxy) is 3. The molecule has 0 aromatic carbocycles. The average molecular weight is 320 g/mol. The Labute approximate surface area is 131 Å². The lowest BCUT2D eigenvalue weighted by Crippen LogP contribution is -2.60. The van der Waals surface area contributed by atoms with E-state index in [4.69, 9.17) is 9.47 Å². The van der Waals surface area contributed by atoms with Crippen molar-refractivity contribution >= 4 is 5.97 Å². The Hall–Kier alpha value is -0.730.